The Bertz CT molecular complexity index is 787. The van der Waals surface area contributed by atoms with E-state index in [1.165, 1.54) is 0 Å². The molecule has 0 aliphatic carbocycles. The summed E-state index contributed by atoms with van der Waals surface area (Å²) in [5, 5.41) is 7.02. The lowest BCUT2D eigenvalue weighted by Gasteiger charge is -2.07. The second-order valence-electron chi connectivity index (χ2n) is 4.75. The number of nitrogens with one attached hydrogen (secondary N) is 1. The smallest absolute Gasteiger partial charge is 0.251 e. The van der Waals surface area contributed by atoms with Crippen LogP contribution in [0.1, 0.15) is 15.9 Å². The van der Waals surface area contributed by atoms with Gasteiger partial charge in [0.1, 0.15) is 0 Å². The van der Waals surface area contributed by atoms with Gasteiger partial charge in [0.25, 0.3) is 5.91 Å². The van der Waals surface area contributed by atoms with E-state index in [0.717, 1.165) is 21.3 Å². The number of carbonyl (C=O) groups is 1. The molecule has 5 heteroatoms. The molecule has 22 heavy (non-hydrogen) atoms. The molecule has 0 saturated carbocycles. The van der Waals surface area contributed by atoms with Crippen LogP contribution in [0.3, 0.4) is 0 Å². The van der Waals surface area contributed by atoms with Gasteiger partial charge in [0.05, 0.1) is 5.69 Å². The van der Waals surface area contributed by atoms with Gasteiger partial charge in [-0.1, -0.05) is 22.0 Å². The Hall–Kier alpha value is -1.98. The summed E-state index contributed by atoms with van der Waals surface area (Å²) in [5.74, 6) is -0.0878. The number of thiophene rings is 1. The van der Waals surface area contributed by atoms with Crippen LogP contribution in [0.25, 0.3) is 11.3 Å². The molecule has 0 aliphatic rings. The molecule has 2 heterocycles. The van der Waals surface area contributed by atoms with Crippen molar-refractivity contribution in [1.82, 2.24) is 10.3 Å². The second kappa shape index (κ2) is 6.85. The Morgan fingerprint density at radius 3 is 2.91 bits per heavy atom. The van der Waals surface area contributed by atoms with Crippen LogP contribution in [-0.2, 0) is 6.54 Å². The largest absolute Gasteiger partial charge is 0.348 e. The molecule has 0 atom stereocenters. The predicted octanol–water partition coefficient (Wildman–Crippen LogP) is 4.50. The highest BCUT2D eigenvalue weighted by Gasteiger charge is 2.06. The predicted molar refractivity (Wildman–Crippen MR) is 92.9 cm³/mol. The average Bonchev–Trinajstić information content (AvgIpc) is 3.07. The Balaban J connectivity index is 1.69. The molecule has 3 rings (SSSR count). The molecule has 0 spiro atoms. The lowest BCUT2D eigenvalue weighted by Crippen LogP contribution is -2.22. The van der Waals surface area contributed by atoms with Crippen LogP contribution in [0.2, 0.25) is 0 Å². The topological polar surface area (TPSA) is 42.0 Å². The molecule has 0 radical (unpaired) electrons. The lowest BCUT2D eigenvalue weighted by atomic mass is 10.1. The van der Waals surface area contributed by atoms with Crippen molar-refractivity contribution >= 4 is 33.2 Å². The minimum Gasteiger partial charge on any atom is -0.348 e. The van der Waals surface area contributed by atoms with Crippen molar-refractivity contribution in [3.63, 3.8) is 0 Å². The van der Waals surface area contributed by atoms with Crippen LogP contribution in [-0.4, -0.2) is 10.9 Å². The summed E-state index contributed by atoms with van der Waals surface area (Å²) in [5.41, 5.74) is 3.70. The summed E-state index contributed by atoms with van der Waals surface area (Å²) in [7, 11) is 0. The number of carbonyl (C=O) groups excluding carboxylic acids is 1. The number of amides is 1. The van der Waals surface area contributed by atoms with Gasteiger partial charge in [-0.2, -0.15) is 11.3 Å². The van der Waals surface area contributed by atoms with E-state index in [9.17, 15) is 4.79 Å². The normalized spacial score (nSPS) is 10.4. The maximum absolute atomic E-state index is 12.1. The molecule has 0 saturated heterocycles. The standard InChI is InChI=1S/C17H13BrN2OS/c18-15-3-1-2-13(9-15)17(21)20-10-12-4-6-19-16(8-12)14-5-7-22-11-14/h1-9,11H,10H2,(H,20,21). The molecule has 0 bridgehead atoms. The summed E-state index contributed by atoms with van der Waals surface area (Å²) < 4.78 is 0.892. The molecular weight excluding hydrogens is 360 g/mol. The van der Waals surface area contributed by atoms with E-state index in [1.807, 2.05) is 35.7 Å². The van der Waals surface area contributed by atoms with Crippen molar-refractivity contribution < 1.29 is 4.79 Å². The van der Waals surface area contributed by atoms with Crippen molar-refractivity contribution in [2.45, 2.75) is 6.54 Å². The molecule has 1 N–H and O–H groups in total. The average molecular weight is 373 g/mol. The Morgan fingerprint density at radius 1 is 1.23 bits per heavy atom. The van der Waals surface area contributed by atoms with Crippen molar-refractivity contribution in [3.8, 4) is 11.3 Å². The number of hydrogen-bond donors (Lipinski definition) is 1. The summed E-state index contributed by atoms with van der Waals surface area (Å²) in [6.45, 7) is 0.477. The third kappa shape index (κ3) is 3.61. The van der Waals surface area contributed by atoms with E-state index in [1.54, 1.807) is 29.7 Å². The molecule has 110 valence electrons. The van der Waals surface area contributed by atoms with E-state index in [-0.39, 0.29) is 5.91 Å². The SMILES string of the molecule is O=C(NCc1ccnc(-c2ccsc2)c1)c1cccc(Br)c1. The van der Waals surface area contributed by atoms with Crippen molar-refractivity contribution in [1.29, 1.82) is 0 Å². The Labute approximate surface area is 141 Å². The maximum atomic E-state index is 12.1. The maximum Gasteiger partial charge on any atom is 0.251 e. The number of nitrogens with zero attached hydrogens (tertiary/aromatic N) is 1. The highest BCUT2D eigenvalue weighted by molar-refractivity contribution is 9.10. The number of rotatable bonds is 4. The third-order valence-electron chi connectivity index (χ3n) is 3.18. The van der Waals surface area contributed by atoms with Gasteiger partial charge in [-0.25, -0.2) is 0 Å². The quantitative estimate of drug-likeness (QED) is 0.732. The van der Waals surface area contributed by atoms with Gasteiger partial charge in [0.15, 0.2) is 0 Å². The Kier molecular flexibility index (Phi) is 4.65. The highest BCUT2D eigenvalue weighted by Crippen LogP contribution is 2.20. The summed E-state index contributed by atoms with van der Waals surface area (Å²) in [6, 6.07) is 13.3. The van der Waals surface area contributed by atoms with E-state index in [4.69, 9.17) is 0 Å². The number of aromatic nitrogens is 1. The summed E-state index contributed by atoms with van der Waals surface area (Å²) in [6.07, 6.45) is 1.77. The zero-order valence-electron chi connectivity index (χ0n) is 11.6. The number of hydrogen-bond acceptors (Lipinski definition) is 3. The molecule has 1 amide bonds. The fourth-order valence-corrected chi connectivity index (χ4v) is 3.12. The molecule has 0 aliphatic heterocycles. The van der Waals surface area contributed by atoms with Gasteiger partial charge in [-0.05, 0) is 47.3 Å². The van der Waals surface area contributed by atoms with Crippen LogP contribution in [0.4, 0.5) is 0 Å². The second-order valence-corrected chi connectivity index (χ2v) is 6.45. The van der Waals surface area contributed by atoms with Crippen LogP contribution < -0.4 is 5.32 Å². The lowest BCUT2D eigenvalue weighted by molar-refractivity contribution is 0.0951. The van der Waals surface area contributed by atoms with E-state index < -0.39 is 0 Å². The molecular formula is C17H13BrN2OS. The fraction of sp³-hybridized carbons (Fsp3) is 0.0588. The first-order valence-electron chi connectivity index (χ1n) is 6.73. The summed E-state index contributed by atoms with van der Waals surface area (Å²) in [4.78, 5) is 16.5. The van der Waals surface area contributed by atoms with E-state index in [2.05, 4.69) is 31.6 Å². The first-order valence-corrected chi connectivity index (χ1v) is 8.47. The minimum atomic E-state index is -0.0878. The zero-order chi connectivity index (χ0) is 15.4. The summed E-state index contributed by atoms with van der Waals surface area (Å²) >= 11 is 5.01. The molecule has 0 unspecified atom stereocenters. The van der Waals surface area contributed by atoms with E-state index >= 15 is 0 Å². The minimum absolute atomic E-state index is 0.0878. The third-order valence-corrected chi connectivity index (χ3v) is 4.36. The molecule has 3 nitrogen and oxygen atoms in total. The molecule has 2 aromatic heterocycles. The molecule has 1 aromatic carbocycles. The molecule has 3 aromatic rings. The number of benzene rings is 1. The van der Waals surface area contributed by atoms with Crippen molar-refractivity contribution in [3.05, 3.63) is 75.0 Å². The Morgan fingerprint density at radius 2 is 2.14 bits per heavy atom. The monoisotopic (exact) mass is 372 g/mol. The highest BCUT2D eigenvalue weighted by atomic mass is 79.9. The van der Waals surface area contributed by atoms with Gasteiger partial charge < -0.3 is 5.32 Å². The van der Waals surface area contributed by atoms with Crippen LogP contribution in [0.5, 0.6) is 0 Å². The van der Waals surface area contributed by atoms with Gasteiger partial charge in [-0.3, -0.25) is 9.78 Å². The van der Waals surface area contributed by atoms with Crippen LogP contribution in [0.15, 0.2) is 63.9 Å². The van der Waals surface area contributed by atoms with Crippen molar-refractivity contribution in [2.75, 3.05) is 0 Å². The fourth-order valence-electron chi connectivity index (χ4n) is 2.07. The first-order chi connectivity index (χ1) is 10.7. The molecule has 0 fully saturated rings. The zero-order valence-corrected chi connectivity index (χ0v) is 14.0. The van der Waals surface area contributed by atoms with Gasteiger partial charge in [-0.15, -0.1) is 0 Å². The number of halogens is 1. The van der Waals surface area contributed by atoms with Crippen molar-refractivity contribution in [2.24, 2.45) is 0 Å². The van der Waals surface area contributed by atoms with Gasteiger partial charge in [0, 0.05) is 33.7 Å². The van der Waals surface area contributed by atoms with E-state index in [0.29, 0.717) is 12.1 Å². The van der Waals surface area contributed by atoms with Crippen LogP contribution in [0, 0.1) is 0 Å². The number of pyridine rings is 1. The first kappa shape index (κ1) is 14.9. The van der Waals surface area contributed by atoms with Gasteiger partial charge >= 0.3 is 0 Å². The van der Waals surface area contributed by atoms with Crippen LogP contribution >= 0.6 is 27.3 Å². The van der Waals surface area contributed by atoms with Gasteiger partial charge in [0.2, 0.25) is 0 Å².